The van der Waals surface area contributed by atoms with Gasteiger partial charge in [-0.3, -0.25) is 0 Å². The molecule has 2 heterocycles. The molecule has 4 aromatic rings. The molecule has 8 heteroatoms. The number of guanidine groups is 1. The molecule has 0 radical (unpaired) electrons. The molecule has 0 atom stereocenters. The van der Waals surface area contributed by atoms with Crippen molar-refractivity contribution in [2.24, 2.45) is 16.5 Å². The van der Waals surface area contributed by atoms with E-state index in [2.05, 4.69) is 44.2 Å². The SMILES string of the molecule is NC(N)=Nc1nc(N)nc2c1ncn2Cc1cccc2ccccc12. The lowest BCUT2D eigenvalue weighted by Gasteiger charge is -2.08. The van der Waals surface area contributed by atoms with Gasteiger partial charge < -0.3 is 21.8 Å². The van der Waals surface area contributed by atoms with E-state index in [4.69, 9.17) is 17.2 Å². The zero-order valence-electron chi connectivity index (χ0n) is 13.3. The first kappa shape index (κ1) is 14.9. The number of benzene rings is 2. The Morgan fingerprint density at radius 2 is 1.84 bits per heavy atom. The molecular formula is C17H16N8. The Kier molecular flexibility index (Phi) is 3.42. The minimum Gasteiger partial charge on any atom is -0.370 e. The summed E-state index contributed by atoms with van der Waals surface area (Å²) >= 11 is 0. The van der Waals surface area contributed by atoms with Crippen molar-refractivity contribution < 1.29 is 0 Å². The van der Waals surface area contributed by atoms with Crippen LogP contribution in [0.2, 0.25) is 0 Å². The number of nitrogens with zero attached hydrogens (tertiary/aromatic N) is 5. The summed E-state index contributed by atoms with van der Waals surface area (Å²) in [6, 6.07) is 14.4. The van der Waals surface area contributed by atoms with E-state index in [-0.39, 0.29) is 17.7 Å². The number of aliphatic imine (C=N–C) groups is 1. The normalized spacial score (nSPS) is 11.0. The Balaban J connectivity index is 1.85. The molecule has 2 aromatic heterocycles. The largest absolute Gasteiger partial charge is 0.370 e. The van der Waals surface area contributed by atoms with Crippen LogP contribution in [0.15, 0.2) is 53.8 Å². The number of nitrogens with two attached hydrogens (primary N) is 3. The van der Waals surface area contributed by atoms with Gasteiger partial charge in [0.05, 0.1) is 12.9 Å². The van der Waals surface area contributed by atoms with E-state index in [1.807, 2.05) is 22.8 Å². The number of imidazole rings is 1. The zero-order chi connectivity index (χ0) is 17.4. The third-order valence-corrected chi connectivity index (χ3v) is 3.92. The molecule has 0 spiro atoms. The van der Waals surface area contributed by atoms with Gasteiger partial charge in [0.25, 0.3) is 0 Å². The van der Waals surface area contributed by atoms with Gasteiger partial charge in [0.15, 0.2) is 22.9 Å². The molecule has 8 nitrogen and oxygen atoms in total. The molecule has 0 aliphatic heterocycles. The monoisotopic (exact) mass is 332 g/mol. The van der Waals surface area contributed by atoms with Crippen LogP contribution >= 0.6 is 0 Å². The van der Waals surface area contributed by atoms with E-state index < -0.39 is 0 Å². The number of nitrogen functional groups attached to an aromatic ring is 1. The Labute approximate surface area is 143 Å². The zero-order valence-corrected chi connectivity index (χ0v) is 13.3. The Morgan fingerprint density at radius 1 is 1.04 bits per heavy atom. The van der Waals surface area contributed by atoms with Crippen molar-refractivity contribution in [3.63, 3.8) is 0 Å². The Hall–Kier alpha value is -3.68. The van der Waals surface area contributed by atoms with Crippen molar-refractivity contribution in [2.45, 2.75) is 6.54 Å². The van der Waals surface area contributed by atoms with Crippen molar-refractivity contribution in [1.29, 1.82) is 0 Å². The van der Waals surface area contributed by atoms with Crippen LogP contribution in [0.3, 0.4) is 0 Å². The molecule has 0 aliphatic rings. The Bertz CT molecular complexity index is 1100. The lowest BCUT2D eigenvalue weighted by Crippen LogP contribution is -2.22. The highest BCUT2D eigenvalue weighted by Crippen LogP contribution is 2.24. The first-order valence-corrected chi connectivity index (χ1v) is 7.66. The summed E-state index contributed by atoms with van der Waals surface area (Å²) in [7, 11) is 0. The molecule has 0 amide bonds. The lowest BCUT2D eigenvalue weighted by molar-refractivity contribution is 0.819. The van der Waals surface area contributed by atoms with Crippen molar-refractivity contribution in [3.8, 4) is 0 Å². The molecule has 6 N–H and O–H groups in total. The summed E-state index contributed by atoms with van der Waals surface area (Å²) in [6.45, 7) is 0.593. The van der Waals surface area contributed by atoms with Crippen LogP contribution in [0, 0.1) is 0 Å². The maximum atomic E-state index is 5.80. The summed E-state index contributed by atoms with van der Waals surface area (Å²) in [4.78, 5) is 16.7. The van der Waals surface area contributed by atoms with E-state index in [0.29, 0.717) is 17.7 Å². The van der Waals surface area contributed by atoms with Gasteiger partial charge in [-0.2, -0.15) is 15.0 Å². The number of fused-ring (bicyclic) bond motifs is 2. The predicted molar refractivity (Wildman–Crippen MR) is 98.3 cm³/mol. The molecule has 0 fully saturated rings. The van der Waals surface area contributed by atoms with Gasteiger partial charge in [-0.1, -0.05) is 42.5 Å². The lowest BCUT2D eigenvalue weighted by atomic mass is 10.0. The average Bonchev–Trinajstić information content (AvgIpc) is 2.98. The van der Waals surface area contributed by atoms with Crippen molar-refractivity contribution in [3.05, 3.63) is 54.4 Å². The number of rotatable bonds is 3. The molecule has 0 unspecified atom stereocenters. The maximum absolute atomic E-state index is 5.80. The second-order valence-corrected chi connectivity index (χ2v) is 5.63. The highest BCUT2D eigenvalue weighted by molar-refractivity contribution is 5.88. The van der Waals surface area contributed by atoms with Crippen LogP contribution in [0.25, 0.3) is 21.9 Å². The minimum absolute atomic E-state index is 0.0900. The summed E-state index contributed by atoms with van der Waals surface area (Å²) in [5, 5.41) is 2.36. The molecule has 0 saturated heterocycles. The van der Waals surface area contributed by atoms with Gasteiger partial charge in [-0.15, -0.1) is 0 Å². The number of anilines is 1. The topological polar surface area (TPSA) is 134 Å². The first-order valence-electron chi connectivity index (χ1n) is 7.66. The van der Waals surface area contributed by atoms with Crippen LogP contribution in [0.4, 0.5) is 11.8 Å². The van der Waals surface area contributed by atoms with Crippen LogP contribution in [-0.2, 0) is 6.54 Å². The van der Waals surface area contributed by atoms with Gasteiger partial charge in [0.1, 0.15) is 0 Å². The third-order valence-electron chi connectivity index (χ3n) is 3.92. The maximum Gasteiger partial charge on any atom is 0.224 e. The Morgan fingerprint density at radius 3 is 2.68 bits per heavy atom. The second-order valence-electron chi connectivity index (χ2n) is 5.63. The van der Waals surface area contributed by atoms with Crippen LogP contribution in [0.5, 0.6) is 0 Å². The van der Waals surface area contributed by atoms with E-state index in [1.165, 1.54) is 10.8 Å². The van der Waals surface area contributed by atoms with Crippen LogP contribution < -0.4 is 17.2 Å². The molecule has 0 saturated carbocycles. The molecular weight excluding hydrogens is 316 g/mol. The molecule has 0 bridgehead atoms. The summed E-state index contributed by atoms with van der Waals surface area (Å²) < 4.78 is 1.90. The summed E-state index contributed by atoms with van der Waals surface area (Å²) in [5.74, 6) is 0.245. The summed E-state index contributed by atoms with van der Waals surface area (Å²) in [6.07, 6.45) is 1.69. The number of hydrogen-bond acceptors (Lipinski definition) is 5. The van der Waals surface area contributed by atoms with E-state index in [1.54, 1.807) is 6.33 Å². The second kappa shape index (κ2) is 5.75. The number of aromatic nitrogens is 4. The molecule has 0 aliphatic carbocycles. The molecule has 4 rings (SSSR count). The van der Waals surface area contributed by atoms with Crippen LogP contribution in [-0.4, -0.2) is 25.5 Å². The fourth-order valence-corrected chi connectivity index (χ4v) is 2.88. The van der Waals surface area contributed by atoms with Crippen molar-refractivity contribution in [1.82, 2.24) is 19.5 Å². The van der Waals surface area contributed by atoms with E-state index in [9.17, 15) is 0 Å². The fourth-order valence-electron chi connectivity index (χ4n) is 2.88. The van der Waals surface area contributed by atoms with Crippen molar-refractivity contribution >= 4 is 39.7 Å². The van der Waals surface area contributed by atoms with Gasteiger partial charge in [0.2, 0.25) is 5.95 Å². The van der Waals surface area contributed by atoms with Gasteiger partial charge in [-0.05, 0) is 16.3 Å². The smallest absolute Gasteiger partial charge is 0.224 e. The molecule has 25 heavy (non-hydrogen) atoms. The predicted octanol–water partition coefficient (Wildman–Crippen LogP) is 1.51. The van der Waals surface area contributed by atoms with Crippen molar-refractivity contribution in [2.75, 3.05) is 5.73 Å². The quantitative estimate of drug-likeness (QED) is 0.384. The van der Waals surface area contributed by atoms with E-state index >= 15 is 0 Å². The molecule has 2 aromatic carbocycles. The fraction of sp³-hybridized carbons (Fsp3) is 0.0588. The highest BCUT2D eigenvalue weighted by atomic mass is 15.2. The van der Waals surface area contributed by atoms with Gasteiger partial charge in [-0.25, -0.2) is 4.98 Å². The summed E-state index contributed by atoms with van der Waals surface area (Å²) in [5.41, 5.74) is 18.9. The van der Waals surface area contributed by atoms with Crippen LogP contribution in [0.1, 0.15) is 5.56 Å². The van der Waals surface area contributed by atoms with E-state index in [0.717, 1.165) is 5.56 Å². The highest BCUT2D eigenvalue weighted by Gasteiger charge is 2.13. The minimum atomic E-state index is -0.108. The number of hydrogen-bond donors (Lipinski definition) is 3. The molecule has 124 valence electrons. The average molecular weight is 332 g/mol. The third kappa shape index (κ3) is 2.69. The van der Waals surface area contributed by atoms with Gasteiger partial charge >= 0.3 is 0 Å². The standard InChI is InChI=1S/C17H16N8/c18-16(19)22-14-13-15(24-17(20)23-14)25(9-21-13)8-11-6-3-5-10-4-1-2-7-12(10)11/h1-7,9H,8H2,(H6,18,19,20,22,23,24). The first-order chi connectivity index (χ1) is 12.1. The van der Waals surface area contributed by atoms with Gasteiger partial charge in [0, 0.05) is 0 Å².